The molecule has 0 spiro atoms. The monoisotopic (exact) mass is 375 g/mol. The van der Waals surface area contributed by atoms with E-state index in [0.29, 0.717) is 29.6 Å². The van der Waals surface area contributed by atoms with Crippen molar-refractivity contribution < 1.29 is 4.79 Å². The summed E-state index contributed by atoms with van der Waals surface area (Å²) in [6.07, 6.45) is 8.48. The van der Waals surface area contributed by atoms with Crippen molar-refractivity contribution in [3.05, 3.63) is 60.7 Å². The molecule has 4 rings (SSSR count). The summed E-state index contributed by atoms with van der Waals surface area (Å²) in [4.78, 5) is 31.8. The quantitative estimate of drug-likeness (QED) is 0.717. The number of nitrogen functional groups attached to an aromatic ring is 1. The molecule has 0 radical (unpaired) electrons. The Balaban J connectivity index is 1.45. The standard InChI is InChI=1S/C20H21N7O/c21-18-12-24-17(11-25-18)14-4-1-5-15(10-14)19(28)26-16-6-2-9-27(13-16)20-22-7-3-8-23-20/h1,3-5,7-8,10-12,16H,2,6,9,13H2,(H2,21,25)(H,26,28). The second kappa shape index (κ2) is 7.99. The molecule has 1 saturated heterocycles. The zero-order valence-corrected chi connectivity index (χ0v) is 15.3. The van der Waals surface area contributed by atoms with Crippen molar-refractivity contribution in [3.8, 4) is 11.3 Å². The lowest BCUT2D eigenvalue weighted by molar-refractivity contribution is 0.0933. The van der Waals surface area contributed by atoms with Crippen LogP contribution in [0.3, 0.4) is 0 Å². The third-order valence-electron chi connectivity index (χ3n) is 4.68. The van der Waals surface area contributed by atoms with Gasteiger partial charge in [-0.25, -0.2) is 15.0 Å². The highest BCUT2D eigenvalue weighted by molar-refractivity contribution is 5.95. The highest BCUT2D eigenvalue weighted by Gasteiger charge is 2.23. The zero-order chi connectivity index (χ0) is 19.3. The van der Waals surface area contributed by atoms with Gasteiger partial charge >= 0.3 is 0 Å². The van der Waals surface area contributed by atoms with Gasteiger partial charge in [0.15, 0.2) is 0 Å². The SMILES string of the molecule is Nc1cnc(-c2cccc(C(=O)NC3CCCN(c4ncccn4)C3)c2)cn1. The maximum Gasteiger partial charge on any atom is 0.251 e. The first-order valence-corrected chi connectivity index (χ1v) is 9.20. The Morgan fingerprint density at radius 2 is 1.96 bits per heavy atom. The molecule has 1 atom stereocenters. The molecule has 0 saturated carbocycles. The van der Waals surface area contributed by atoms with Crippen molar-refractivity contribution in [2.24, 2.45) is 0 Å². The molecule has 0 aliphatic carbocycles. The molecule has 3 aromatic rings. The van der Waals surface area contributed by atoms with E-state index in [2.05, 4.69) is 30.2 Å². The molecule has 142 valence electrons. The van der Waals surface area contributed by atoms with Gasteiger partial charge in [-0.1, -0.05) is 12.1 Å². The number of carbonyl (C=O) groups is 1. The molecular formula is C20H21N7O. The van der Waals surface area contributed by atoms with Gasteiger partial charge in [-0.3, -0.25) is 9.78 Å². The lowest BCUT2D eigenvalue weighted by Gasteiger charge is -2.33. The van der Waals surface area contributed by atoms with Gasteiger partial charge in [-0.15, -0.1) is 0 Å². The molecule has 1 aromatic carbocycles. The second-order valence-corrected chi connectivity index (χ2v) is 6.71. The maximum absolute atomic E-state index is 12.8. The summed E-state index contributed by atoms with van der Waals surface area (Å²) in [7, 11) is 0. The van der Waals surface area contributed by atoms with Crippen molar-refractivity contribution in [2.45, 2.75) is 18.9 Å². The molecule has 0 bridgehead atoms. The summed E-state index contributed by atoms with van der Waals surface area (Å²) in [5, 5.41) is 3.13. The fourth-order valence-electron chi connectivity index (χ4n) is 3.31. The predicted molar refractivity (Wildman–Crippen MR) is 107 cm³/mol. The average molecular weight is 375 g/mol. The molecule has 1 fully saturated rings. The minimum absolute atomic E-state index is 0.0463. The van der Waals surface area contributed by atoms with Crippen LogP contribution >= 0.6 is 0 Å². The number of amides is 1. The second-order valence-electron chi connectivity index (χ2n) is 6.71. The smallest absolute Gasteiger partial charge is 0.251 e. The summed E-state index contributed by atoms with van der Waals surface area (Å²) in [6.45, 7) is 1.58. The predicted octanol–water partition coefficient (Wildman–Crippen LogP) is 1.91. The number of nitrogens with two attached hydrogens (primary N) is 1. The van der Waals surface area contributed by atoms with Crippen molar-refractivity contribution in [1.29, 1.82) is 0 Å². The van der Waals surface area contributed by atoms with E-state index in [4.69, 9.17) is 5.73 Å². The van der Waals surface area contributed by atoms with Crippen LogP contribution in [0.2, 0.25) is 0 Å². The summed E-state index contributed by atoms with van der Waals surface area (Å²) in [5.74, 6) is 0.957. The molecular weight excluding hydrogens is 354 g/mol. The van der Waals surface area contributed by atoms with E-state index in [1.54, 1.807) is 30.7 Å². The van der Waals surface area contributed by atoms with Gasteiger partial charge in [0.1, 0.15) is 5.82 Å². The average Bonchev–Trinajstić information content (AvgIpc) is 2.75. The van der Waals surface area contributed by atoms with Crippen LogP contribution in [0, 0.1) is 0 Å². The molecule has 8 heteroatoms. The first-order valence-electron chi connectivity index (χ1n) is 9.20. The van der Waals surface area contributed by atoms with Crippen molar-refractivity contribution in [1.82, 2.24) is 25.3 Å². The van der Waals surface area contributed by atoms with Crippen molar-refractivity contribution in [2.75, 3.05) is 23.7 Å². The Kier molecular flexibility index (Phi) is 5.09. The minimum Gasteiger partial charge on any atom is -0.382 e. The first kappa shape index (κ1) is 17.8. The van der Waals surface area contributed by atoms with E-state index in [1.165, 1.54) is 6.20 Å². The molecule has 1 aliphatic rings. The van der Waals surface area contributed by atoms with E-state index in [9.17, 15) is 4.79 Å². The molecule has 3 heterocycles. The minimum atomic E-state index is -0.105. The number of hydrogen-bond donors (Lipinski definition) is 2. The summed E-state index contributed by atoms with van der Waals surface area (Å²) < 4.78 is 0. The first-order chi connectivity index (χ1) is 13.7. The number of nitrogens with zero attached hydrogens (tertiary/aromatic N) is 5. The molecule has 3 N–H and O–H groups in total. The van der Waals surface area contributed by atoms with E-state index in [0.717, 1.165) is 24.9 Å². The fraction of sp³-hybridized carbons (Fsp3) is 0.250. The van der Waals surface area contributed by atoms with E-state index >= 15 is 0 Å². The number of rotatable bonds is 4. The van der Waals surface area contributed by atoms with Crippen LogP contribution in [0.4, 0.5) is 11.8 Å². The number of benzene rings is 1. The number of piperidine rings is 1. The Bertz CT molecular complexity index is 946. The van der Waals surface area contributed by atoms with Gasteiger partial charge in [0.05, 0.1) is 18.1 Å². The lowest BCUT2D eigenvalue weighted by Crippen LogP contribution is -2.48. The van der Waals surface area contributed by atoms with Crippen LogP contribution in [0.5, 0.6) is 0 Å². The normalized spacial score (nSPS) is 16.6. The van der Waals surface area contributed by atoms with E-state index < -0.39 is 0 Å². The number of hydrogen-bond acceptors (Lipinski definition) is 7. The van der Waals surface area contributed by atoms with Crippen LogP contribution in [0.25, 0.3) is 11.3 Å². The van der Waals surface area contributed by atoms with Gasteiger partial charge in [0, 0.05) is 42.7 Å². The third-order valence-corrected chi connectivity index (χ3v) is 4.68. The van der Waals surface area contributed by atoms with Crippen LogP contribution in [-0.4, -0.2) is 45.0 Å². The molecule has 1 amide bonds. The Morgan fingerprint density at radius 3 is 2.75 bits per heavy atom. The van der Waals surface area contributed by atoms with Crippen LogP contribution < -0.4 is 16.0 Å². The number of aromatic nitrogens is 4. The highest BCUT2D eigenvalue weighted by atomic mass is 16.1. The van der Waals surface area contributed by atoms with Gasteiger partial charge in [-0.05, 0) is 31.0 Å². The van der Waals surface area contributed by atoms with Gasteiger partial charge in [0.25, 0.3) is 5.91 Å². The van der Waals surface area contributed by atoms with E-state index in [1.807, 2.05) is 18.2 Å². The molecule has 2 aromatic heterocycles. The van der Waals surface area contributed by atoms with E-state index in [-0.39, 0.29) is 11.9 Å². The number of nitrogens with one attached hydrogen (secondary N) is 1. The van der Waals surface area contributed by atoms with Crippen molar-refractivity contribution >= 4 is 17.7 Å². The fourth-order valence-corrected chi connectivity index (χ4v) is 3.31. The zero-order valence-electron chi connectivity index (χ0n) is 15.3. The third kappa shape index (κ3) is 4.06. The largest absolute Gasteiger partial charge is 0.382 e. The topological polar surface area (TPSA) is 110 Å². The van der Waals surface area contributed by atoms with Gasteiger partial charge in [0.2, 0.25) is 5.95 Å². The number of anilines is 2. The Hall–Kier alpha value is -3.55. The lowest BCUT2D eigenvalue weighted by atomic mass is 10.0. The van der Waals surface area contributed by atoms with Gasteiger partial charge < -0.3 is 16.0 Å². The molecule has 1 aliphatic heterocycles. The van der Waals surface area contributed by atoms with Crippen LogP contribution in [0.1, 0.15) is 23.2 Å². The molecule has 8 nitrogen and oxygen atoms in total. The molecule has 1 unspecified atom stereocenters. The number of carbonyl (C=O) groups excluding carboxylic acids is 1. The summed E-state index contributed by atoms with van der Waals surface area (Å²) in [6, 6.07) is 9.19. The van der Waals surface area contributed by atoms with Crippen LogP contribution in [0.15, 0.2) is 55.1 Å². The maximum atomic E-state index is 12.8. The highest BCUT2D eigenvalue weighted by Crippen LogP contribution is 2.19. The molecule has 28 heavy (non-hydrogen) atoms. The van der Waals surface area contributed by atoms with Crippen molar-refractivity contribution in [3.63, 3.8) is 0 Å². The Morgan fingerprint density at radius 1 is 1.11 bits per heavy atom. The summed E-state index contributed by atoms with van der Waals surface area (Å²) >= 11 is 0. The van der Waals surface area contributed by atoms with Crippen LogP contribution in [-0.2, 0) is 0 Å². The Labute approximate surface area is 162 Å². The summed E-state index contributed by atoms with van der Waals surface area (Å²) in [5.41, 5.74) is 7.67. The van der Waals surface area contributed by atoms with Gasteiger partial charge in [-0.2, -0.15) is 0 Å².